The lowest BCUT2D eigenvalue weighted by Gasteiger charge is -2.14. The Morgan fingerprint density at radius 1 is 1.21 bits per heavy atom. The summed E-state index contributed by atoms with van der Waals surface area (Å²) in [5.41, 5.74) is 0.466. The Hall–Kier alpha value is -2.79. The normalized spacial score (nSPS) is 12.1. The van der Waals surface area contributed by atoms with Crippen LogP contribution in [0.4, 0.5) is 11.4 Å². The van der Waals surface area contributed by atoms with Crippen molar-refractivity contribution in [2.24, 2.45) is 0 Å². The second kappa shape index (κ2) is 8.70. The minimum absolute atomic E-state index is 0.250. The molecular weight excluding hydrogens is 468 g/mol. The van der Waals surface area contributed by atoms with E-state index in [1.165, 1.54) is 6.92 Å². The second-order valence-corrected chi connectivity index (χ2v) is 9.07. The van der Waals surface area contributed by atoms with Gasteiger partial charge in [-0.2, -0.15) is 0 Å². The maximum absolute atomic E-state index is 12.3. The third-order valence-electron chi connectivity index (χ3n) is 3.83. The molecule has 0 aliphatic carbocycles. The van der Waals surface area contributed by atoms with E-state index in [0.29, 0.717) is 10.2 Å². The SMILES string of the molecule is Cc1ccc(NC(=O)C(C)OC(=O)c2ccc(S(C)(=O)=O)c([N+](=O)[O-])c2)c(Br)c1. The fraction of sp³-hybridized carbons (Fsp3) is 0.222. The number of nitro groups is 1. The number of benzene rings is 2. The number of hydrogen-bond donors (Lipinski definition) is 1. The fourth-order valence-electron chi connectivity index (χ4n) is 2.34. The summed E-state index contributed by atoms with van der Waals surface area (Å²) < 4.78 is 29.0. The van der Waals surface area contributed by atoms with E-state index in [0.717, 1.165) is 30.0 Å². The Kier molecular flexibility index (Phi) is 6.75. The molecule has 1 atom stereocenters. The average Bonchev–Trinajstić information content (AvgIpc) is 2.62. The van der Waals surface area contributed by atoms with Crippen molar-refractivity contribution >= 4 is 49.0 Å². The molecule has 1 unspecified atom stereocenters. The number of esters is 1. The van der Waals surface area contributed by atoms with Crippen LogP contribution in [0.1, 0.15) is 22.8 Å². The van der Waals surface area contributed by atoms with Crippen molar-refractivity contribution in [1.82, 2.24) is 0 Å². The highest BCUT2D eigenvalue weighted by atomic mass is 79.9. The molecule has 29 heavy (non-hydrogen) atoms. The van der Waals surface area contributed by atoms with E-state index in [4.69, 9.17) is 4.74 Å². The van der Waals surface area contributed by atoms with Crippen molar-refractivity contribution < 1.29 is 27.7 Å². The smallest absolute Gasteiger partial charge is 0.339 e. The second-order valence-electron chi connectivity index (χ2n) is 6.23. The van der Waals surface area contributed by atoms with Gasteiger partial charge in [0.1, 0.15) is 4.90 Å². The van der Waals surface area contributed by atoms with E-state index in [9.17, 15) is 28.1 Å². The molecule has 0 saturated carbocycles. The van der Waals surface area contributed by atoms with Crippen molar-refractivity contribution in [3.05, 3.63) is 62.1 Å². The van der Waals surface area contributed by atoms with Gasteiger partial charge in [-0.1, -0.05) is 6.07 Å². The van der Waals surface area contributed by atoms with Crippen LogP contribution in [0.25, 0.3) is 0 Å². The number of rotatable bonds is 6. The first-order valence-electron chi connectivity index (χ1n) is 8.16. The Labute approximate surface area is 175 Å². The van der Waals surface area contributed by atoms with Gasteiger partial charge in [0.2, 0.25) is 0 Å². The van der Waals surface area contributed by atoms with Crippen molar-refractivity contribution in [2.45, 2.75) is 24.8 Å². The highest BCUT2D eigenvalue weighted by Gasteiger charge is 2.26. The summed E-state index contributed by atoms with van der Waals surface area (Å²) >= 11 is 3.32. The third-order valence-corrected chi connectivity index (χ3v) is 5.63. The predicted molar refractivity (Wildman–Crippen MR) is 109 cm³/mol. The number of sulfone groups is 1. The zero-order valence-corrected chi connectivity index (χ0v) is 18.0. The number of halogens is 1. The quantitative estimate of drug-likeness (QED) is 0.377. The van der Waals surface area contributed by atoms with Crippen LogP contribution in [0.5, 0.6) is 0 Å². The van der Waals surface area contributed by atoms with Crippen LogP contribution in [0, 0.1) is 17.0 Å². The van der Waals surface area contributed by atoms with Crippen LogP contribution < -0.4 is 5.32 Å². The van der Waals surface area contributed by atoms with E-state index in [1.807, 2.05) is 6.92 Å². The number of aryl methyl sites for hydroxylation is 1. The molecule has 0 bridgehead atoms. The Morgan fingerprint density at radius 2 is 1.86 bits per heavy atom. The predicted octanol–water partition coefficient (Wildman–Crippen LogP) is 3.25. The number of carbonyl (C=O) groups excluding carboxylic acids is 2. The number of amides is 1. The van der Waals surface area contributed by atoms with Gasteiger partial charge in [0.25, 0.3) is 11.6 Å². The lowest BCUT2D eigenvalue weighted by molar-refractivity contribution is -0.387. The molecule has 1 amide bonds. The molecule has 9 nitrogen and oxygen atoms in total. The zero-order chi connectivity index (χ0) is 21.9. The van der Waals surface area contributed by atoms with Crippen molar-refractivity contribution in [3.8, 4) is 0 Å². The molecule has 2 aromatic carbocycles. The molecule has 0 heterocycles. The van der Waals surface area contributed by atoms with Crippen molar-refractivity contribution in [2.75, 3.05) is 11.6 Å². The summed E-state index contributed by atoms with van der Waals surface area (Å²) in [5.74, 6) is -1.61. The van der Waals surface area contributed by atoms with Gasteiger partial charge < -0.3 is 10.1 Å². The maximum atomic E-state index is 12.3. The zero-order valence-electron chi connectivity index (χ0n) is 15.6. The number of nitrogens with zero attached hydrogens (tertiary/aromatic N) is 1. The Morgan fingerprint density at radius 3 is 2.41 bits per heavy atom. The molecule has 154 valence electrons. The van der Waals surface area contributed by atoms with E-state index in [1.54, 1.807) is 18.2 Å². The minimum Gasteiger partial charge on any atom is -0.449 e. The highest BCUT2D eigenvalue weighted by molar-refractivity contribution is 9.10. The standard InChI is InChI=1S/C18H17BrN2O7S/c1-10-4-6-14(13(19)8-10)20-17(22)11(2)28-18(23)12-5-7-16(29(3,26)27)15(9-12)21(24)25/h4-9,11H,1-3H3,(H,20,22). The lowest BCUT2D eigenvalue weighted by Crippen LogP contribution is -2.30. The monoisotopic (exact) mass is 484 g/mol. The van der Waals surface area contributed by atoms with Gasteiger partial charge in [-0.25, -0.2) is 13.2 Å². The van der Waals surface area contributed by atoms with Gasteiger partial charge in [-0.05, 0) is 59.6 Å². The topological polar surface area (TPSA) is 133 Å². The van der Waals surface area contributed by atoms with Crippen LogP contribution in [0.3, 0.4) is 0 Å². The molecule has 0 aliphatic heterocycles. The molecule has 0 radical (unpaired) electrons. The van der Waals surface area contributed by atoms with Gasteiger partial charge in [0.15, 0.2) is 15.9 Å². The maximum Gasteiger partial charge on any atom is 0.339 e. The molecule has 0 saturated heterocycles. The first-order valence-corrected chi connectivity index (χ1v) is 10.8. The fourth-order valence-corrected chi connectivity index (χ4v) is 3.76. The number of nitrogens with one attached hydrogen (secondary N) is 1. The Balaban J connectivity index is 2.17. The molecule has 0 aliphatic rings. The van der Waals surface area contributed by atoms with Gasteiger partial charge in [0.05, 0.1) is 16.2 Å². The van der Waals surface area contributed by atoms with Gasteiger partial charge in [-0.15, -0.1) is 0 Å². The summed E-state index contributed by atoms with van der Waals surface area (Å²) in [4.78, 5) is 34.3. The molecule has 11 heteroatoms. The van der Waals surface area contributed by atoms with Crippen LogP contribution >= 0.6 is 15.9 Å². The largest absolute Gasteiger partial charge is 0.449 e. The number of nitro benzene ring substituents is 1. The first kappa shape index (κ1) is 22.5. The molecule has 0 aromatic heterocycles. The summed E-state index contributed by atoms with van der Waals surface area (Å²) in [6.45, 7) is 3.23. The summed E-state index contributed by atoms with van der Waals surface area (Å²) in [6, 6.07) is 8.12. The molecule has 2 rings (SSSR count). The van der Waals surface area contributed by atoms with Crippen LogP contribution in [-0.2, 0) is 19.4 Å². The van der Waals surface area contributed by atoms with Crippen LogP contribution in [0.2, 0.25) is 0 Å². The lowest BCUT2D eigenvalue weighted by atomic mass is 10.2. The van der Waals surface area contributed by atoms with E-state index in [2.05, 4.69) is 21.2 Å². The van der Waals surface area contributed by atoms with Crippen molar-refractivity contribution in [1.29, 1.82) is 0 Å². The Bertz CT molecular complexity index is 1100. The summed E-state index contributed by atoms with van der Waals surface area (Å²) in [5, 5.41) is 13.8. The van der Waals surface area contributed by atoms with E-state index >= 15 is 0 Å². The van der Waals surface area contributed by atoms with Gasteiger partial charge >= 0.3 is 5.97 Å². The van der Waals surface area contributed by atoms with Crippen LogP contribution in [-0.4, -0.2) is 37.6 Å². The molecular formula is C18H17BrN2O7S. The van der Waals surface area contributed by atoms with Crippen molar-refractivity contribution in [3.63, 3.8) is 0 Å². The average molecular weight is 485 g/mol. The first-order chi connectivity index (χ1) is 13.4. The number of anilines is 1. The van der Waals surface area contributed by atoms with E-state index < -0.39 is 43.3 Å². The molecule has 0 fully saturated rings. The minimum atomic E-state index is -3.86. The van der Waals surface area contributed by atoms with Crippen LogP contribution in [0.15, 0.2) is 45.8 Å². The number of hydrogen-bond acceptors (Lipinski definition) is 7. The highest BCUT2D eigenvalue weighted by Crippen LogP contribution is 2.26. The molecule has 1 N–H and O–H groups in total. The third kappa shape index (κ3) is 5.61. The molecule has 2 aromatic rings. The molecule has 0 spiro atoms. The number of carbonyl (C=O) groups is 2. The number of ether oxygens (including phenoxy) is 1. The van der Waals surface area contributed by atoms with Gasteiger partial charge in [0, 0.05) is 16.8 Å². The summed E-state index contributed by atoms with van der Waals surface area (Å²) in [6.07, 6.45) is -0.382. The van der Waals surface area contributed by atoms with E-state index in [-0.39, 0.29) is 5.56 Å². The summed E-state index contributed by atoms with van der Waals surface area (Å²) in [7, 11) is -3.86. The van der Waals surface area contributed by atoms with Gasteiger partial charge in [-0.3, -0.25) is 14.9 Å².